The van der Waals surface area contributed by atoms with Crippen molar-refractivity contribution >= 4 is 17.7 Å². The Kier molecular flexibility index (Phi) is 2.94. The average Bonchev–Trinajstić information content (AvgIpc) is 3.02. The molecule has 0 bridgehead atoms. The SMILES string of the molecule is CCOC(=O)[C@H]1C(=O)CCN(C2CC2)C1=O. The Morgan fingerprint density at radius 2 is 2.12 bits per heavy atom. The number of rotatable bonds is 3. The fourth-order valence-electron chi connectivity index (χ4n) is 2.00. The lowest BCUT2D eigenvalue weighted by atomic mass is 9.95. The van der Waals surface area contributed by atoms with Crippen LogP contribution in [-0.2, 0) is 19.1 Å². The van der Waals surface area contributed by atoms with Crippen LogP contribution >= 0.6 is 0 Å². The first kappa shape index (κ1) is 11.1. The van der Waals surface area contributed by atoms with Crippen LogP contribution in [0.15, 0.2) is 0 Å². The van der Waals surface area contributed by atoms with E-state index in [4.69, 9.17) is 4.74 Å². The van der Waals surface area contributed by atoms with Gasteiger partial charge >= 0.3 is 5.97 Å². The predicted molar refractivity (Wildman–Crippen MR) is 54.5 cm³/mol. The molecule has 1 atom stereocenters. The number of ether oxygens (including phenoxy) is 1. The highest BCUT2D eigenvalue weighted by molar-refractivity contribution is 6.17. The van der Waals surface area contributed by atoms with E-state index in [1.54, 1.807) is 11.8 Å². The zero-order valence-corrected chi connectivity index (χ0v) is 9.27. The standard InChI is InChI=1S/C11H15NO4/c1-2-16-11(15)9-8(13)5-6-12(10(9)14)7-3-4-7/h7,9H,2-6H2,1H3/t9-/m0/s1. The third kappa shape index (κ3) is 1.94. The number of nitrogens with zero attached hydrogens (tertiary/aromatic N) is 1. The van der Waals surface area contributed by atoms with E-state index in [1.807, 2.05) is 0 Å². The Hall–Kier alpha value is -1.39. The van der Waals surface area contributed by atoms with Gasteiger partial charge in [-0.25, -0.2) is 0 Å². The molecule has 0 radical (unpaired) electrons. The largest absolute Gasteiger partial charge is 0.465 e. The van der Waals surface area contributed by atoms with Crippen LogP contribution in [0, 0.1) is 5.92 Å². The summed E-state index contributed by atoms with van der Waals surface area (Å²) in [5, 5.41) is 0. The fourth-order valence-corrected chi connectivity index (χ4v) is 2.00. The topological polar surface area (TPSA) is 63.7 Å². The zero-order valence-electron chi connectivity index (χ0n) is 9.27. The van der Waals surface area contributed by atoms with Crippen molar-refractivity contribution in [2.45, 2.75) is 32.2 Å². The van der Waals surface area contributed by atoms with Crippen LogP contribution in [0.25, 0.3) is 0 Å². The van der Waals surface area contributed by atoms with E-state index in [9.17, 15) is 14.4 Å². The number of likely N-dealkylation sites (tertiary alicyclic amines) is 1. The Balaban J connectivity index is 2.10. The Morgan fingerprint density at radius 1 is 1.44 bits per heavy atom. The molecule has 16 heavy (non-hydrogen) atoms. The summed E-state index contributed by atoms with van der Waals surface area (Å²) in [5.41, 5.74) is 0. The summed E-state index contributed by atoms with van der Waals surface area (Å²) in [6, 6.07) is 0.248. The van der Waals surface area contributed by atoms with Gasteiger partial charge in [0.15, 0.2) is 11.7 Å². The van der Waals surface area contributed by atoms with E-state index in [2.05, 4.69) is 0 Å². The first-order chi connectivity index (χ1) is 7.65. The molecule has 1 amide bonds. The Bertz CT molecular complexity index is 335. The molecule has 88 valence electrons. The molecule has 1 aliphatic heterocycles. The van der Waals surface area contributed by atoms with E-state index >= 15 is 0 Å². The van der Waals surface area contributed by atoms with Crippen LogP contribution in [0.3, 0.4) is 0 Å². The molecule has 5 heteroatoms. The predicted octanol–water partition coefficient (Wildman–Crippen LogP) is 0.129. The van der Waals surface area contributed by atoms with Gasteiger partial charge < -0.3 is 9.64 Å². The van der Waals surface area contributed by atoms with Crippen LogP contribution < -0.4 is 0 Å². The molecule has 1 saturated carbocycles. The lowest BCUT2D eigenvalue weighted by molar-refractivity contribution is -0.161. The van der Waals surface area contributed by atoms with Gasteiger partial charge in [0.2, 0.25) is 5.91 Å². The highest BCUT2D eigenvalue weighted by Gasteiger charge is 2.45. The molecule has 0 aromatic carbocycles. The Labute approximate surface area is 93.7 Å². The molecular formula is C11H15NO4. The fraction of sp³-hybridized carbons (Fsp3) is 0.727. The summed E-state index contributed by atoms with van der Waals surface area (Å²) >= 11 is 0. The number of piperidine rings is 1. The molecule has 2 rings (SSSR count). The zero-order chi connectivity index (χ0) is 11.7. The van der Waals surface area contributed by atoms with Crippen molar-refractivity contribution in [1.29, 1.82) is 0 Å². The molecule has 0 unspecified atom stereocenters. The van der Waals surface area contributed by atoms with Crippen LogP contribution in [0.4, 0.5) is 0 Å². The minimum atomic E-state index is -1.20. The van der Waals surface area contributed by atoms with E-state index < -0.39 is 11.9 Å². The number of Topliss-reactive ketones (excluding diaryl/α,β-unsaturated/α-hetero) is 1. The first-order valence-corrected chi connectivity index (χ1v) is 5.65. The van der Waals surface area contributed by atoms with Gasteiger partial charge in [-0.2, -0.15) is 0 Å². The van der Waals surface area contributed by atoms with Crippen LogP contribution in [0.1, 0.15) is 26.2 Å². The second kappa shape index (κ2) is 4.23. The number of carbonyl (C=O) groups excluding carboxylic acids is 3. The quantitative estimate of drug-likeness (QED) is 0.506. The number of hydrogen-bond donors (Lipinski definition) is 0. The van der Waals surface area contributed by atoms with Crippen molar-refractivity contribution in [2.75, 3.05) is 13.2 Å². The van der Waals surface area contributed by atoms with Crippen molar-refractivity contribution < 1.29 is 19.1 Å². The van der Waals surface area contributed by atoms with Crippen LogP contribution in [-0.4, -0.2) is 41.8 Å². The summed E-state index contributed by atoms with van der Waals surface area (Å²) in [6.07, 6.45) is 2.23. The van der Waals surface area contributed by atoms with E-state index in [0.717, 1.165) is 12.8 Å². The van der Waals surface area contributed by atoms with Crippen molar-refractivity contribution in [3.05, 3.63) is 0 Å². The number of carbonyl (C=O) groups is 3. The lowest BCUT2D eigenvalue weighted by Gasteiger charge is -2.30. The summed E-state index contributed by atoms with van der Waals surface area (Å²) in [4.78, 5) is 36.7. The minimum absolute atomic E-state index is 0.194. The molecule has 0 aromatic heterocycles. The van der Waals surface area contributed by atoms with Gasteiger partial charge in [-0.05, 0) is 19.8 Å². The molecule has 2 fully saturated rings. The lowest BCUT2D eigenvalue weighted by Crippen LogP contribution is -2.50. The van der Waals surface area contributed by atoms with Crippen molar-refractivity contribution in [3.8, 4) is 0 Å². The van der Waals surface area contributed by atoms with Gasteiger partial charge in [0.05, 0.1) is 6.61 Å². The van der Waals surface area contributed by atoms with E-state index in [-0.39, 0.29) is 30.8 Å². The maximum atomic E-state index is 11.9. The average molecular weight is 225 g/mol. The summed E-state index contributed by atoms with van der Waals surface area (Å²) in [7, 11) is 0. The van der Waals surface area contributed by atoms with Gasteiger partial charge in [-0.1, -0.05) is 0 Å². The molecule has 1 saturated heterocycles. The molecular weight excluding hydrogens is 210 g/mol. The maximum Gasteiger partial charge on any atom is 0.326 e. The molecule has 1 heterocycles. The van der Waals surface area contributed by atoms with Crippen molar-refractivity contribution in [1.82, 2.24) is 4.90 Å². The van der Waals surface area contributed by atoms with Crippen molar-refractivity contribution in [3.63, 3.8) is 0 Å². The van der Waals surface area contributed by atoms with Crippen LogP contribution in [0.5, 0.6) is 0 Å². The summed E-state index contributed by atoms with van der Waals surface area (Å²) < 4.78 is 4.76. The highest BCUT2D eigenvalue weighted by Crippen LogP contribution is 2.31. The third-order valence-corrected chi connectivity index (χ3v) is 2.96. The van der Waals surface area contributed by atoms with Crippen molar-refractivity contribution in [2.24, 2.45) is 5.92 Å². The first-order valence-electron chi connectivity index (χ1n) is 5.65. The van der Waals surface area contributed by atoms with Gasteiger partial charge in [-0.3, -0.25) is 14.4 Å². The summed E-state index contributed by atoms with van der Waals surface area (Å²) in [6.45, 7) is 2.31. The van der Waals surface area contributed by atoms with Gasteiger partial charge in [0, 0.05) is 19.0 Å². The Morgan fingerprint density at radius 3 is 2.69 bits per heavy atom. The second-order valence-electron chi connectivity index (χ2n) is 4.16. The smallest absolute Gasteiger partial charge is 0.326 e. The van der Waals surface area contributed by atoms with Gasteiger partial charge in [0.1, 0.15) is 0 Å². The molecule has 2 aliphatic rings. The number of esters is 1. The highest BCUT2D eigenvalue weighted by atomic mass is 16.5. The number of amides is 1. The monoisotopic (exact) mass is 225 g/mol. The van der Waals surface area contributed by atoms with Crippen LogP contribution in [0.2, 0.25) is 0 Å². The second-order valence-corrected chi connectivity index (χ2v) is 4.16. The van der Waals surface area contributed by atoms with E-state index in [0.29, 0.717) is 6.54 Å². The number of hydrogen-bond acceptors (Lipinski definition) is 4. The minimum Gasteiger partial charge on any atom is -0.465 e. The van der Waals surface area contributed by atoms with E-state index in [1.165, 1.54) is 0 Å². The molecule has 0 spiro atoms. The normalized spacial score (nSPS) is 25.8. The molecule has 1 aliphatic carbocycles. The summed E-state index contributed by atoms with van der Waals surface area (Å²) in [5.74, 6) is -2.56. The maximum absolute atomic E-state index is 11.9. The van der Waals surface area contributed by atoms with Gasteiger partial charge in [0.25, 0.3) is 0 Å². The molecule has 5 nitrogen and oxygen atoms in total. The number of ketones is 1. The van der Waals surface area contributed by atoms with Gasteiger partial charge in [-0.15, -0.1) is 0 Å². The molecule has 0 N–H and O–H groups in total. The third-order valence-electron chi connectivity index (χ3n) is 2.96. The molecule has 0 aromatic rings.